The summed E-state index contributed by atoms with van der Waals surface area (Å²) in [6.45, 7) is 8.59. The smallest absolute Gasteiger partial charge is 0.157 e. The van der Waals surface area contributed by atoms with E-state index in [2.05, 4.69) is 41.3 Å². The van der Waals surface area contributed by atoms with E-state index in [4.69, 9.17) is 4.42 Å². The first-order chi connectivity index (χ1) is 11.9. The van der Waals surface area contributed by atoms with Crippen molar-refractivity contribution in [1.29, 1.82) is 0 Å². The van der Waals surface area contributed by atoms with Crippen LogP contribution in [0.25, 0.3) is 0 Å². The molecule has 0 saturated carbocycles. The van der Waals surface area contributed by atoms with E-state index in [0.717, 1.165) is 18.3 Å². The molecule has 2 aromatic rings. The number of likely N-dealkylation sites (tertiary alicyclic amines) is 1. The maximum absolute atomic E-state index is 5.50. The van der Waals surface area contributed by atoms with Crippen molar-refractivity contribution in [3.8, 4) is 0 Å². The zero-order chi connectivity index (χ0) is 16.2. The van der Waals surface area contributed by atoms with Gasteiger partial charge in [-0.05, 0) is 24.3 Å². The van der Waals surface area contributed by atoms with Crippen LogP contribution in [0, 0.1) is 0 Å². The number of anilines is 1. The molecule has 1 aromatic carbocycles. The van der Waals surface area contributed by atoms with E-state index in [0.29, 0.717) is 0 Å². The molecule has 2 N–H and O–H groups in total. The molecule has 4 heteroatoms. The second-order valence-corrected chi connectivity index (χ2v) is 7.26. The highest BCUT2D eigenvalue weighted by molar-refractivity contribution is 5.46. The number of nitrogens with zero attached hydrogens (tertiary/aromatic N) is 1. The van der Waals surface area contributed by atoms with Crippen LogP contribution in [-0.4, -0.2) is 45.3 Å². The molecular weight excluding hydrogens is 298 g/mol. The van der Waals surface area contributed by atoms with E-state index in [1.165, 1.54) is 57.8 Å². The average Bonchev–Trinajstić information content (AvgIpc) is 3.16. The number of furan rings is 1. The highest BCUT2D eigenvalue weighted by atomic mass is 16.3. The first-order valence-corrected chi connectivity index (χ1v) is 9.39. The van der Waals surface area contributed by atoms with E-state index >= 15 is 0 Å². The molecule has 2 aliphatic heterocycles. The van der Waals surface area contributed by atoms with Crippen LogP contribution in [0.2, 0.25) is 0 Å². The number of nitrogens with one attached hydrogen (secondary N) is 2. The highest BCUT2D eigenvalue weighted by Crippen LogP contribution is 2.12. The number of hydrogen-bond donors (Lipinski definition) is 2. The maximum Gasteiger partial charge on any atom is 0.157 e. The molecule has 0 spiro atoms. The van der Waals surface area contributed by atoms with Crippen molar-refractivity contribution < 1.29 is 14.2 Å². The third-order valence-corrected chi connectivity index (χ3v) is 5.80. The third-order valence-electron chi connectivity index (χ3n) is 5.80. The summed E-state index contributed by atoms with van der Waals surface area (Å²) in [6, 6.07) is 15.8. The summed E-state index contributed by atoms with van der Waals surface area (Å²) in [4.78, 5) is 6.06. The van der Waals surface area contributed by atoms with Crippen molar-refractivity contribution in [2.75, 3.05) is 44.2 Å². The van der Waals surface area contributed by atoms with Gasteiger partial charge in [-0.2, -0.15) is 0 Å². The lowest BCUT2D eigenvalue weighted by Gasteiger charge is -2.39. The zero-order valence-electron chi connectivity index (χ0n) is 14.4. The molecule has 128 valence electrons. The summed E-state index contributed by atoms with van der Waals surface area (Å²) in [7, 11) is 0. The highest BCUT2D eigenvalue weighted by Gasteiger charge is 2.32. The minimum absolute atomic E-state index is 0.864. The number of benzene rings is 1. The van der Waals surface area contributed by atoms with Gasteiger partial charge in [-0.1, -0.05) is 18.2 Å². The summed E-state index contributed by atoms with van der Waals surface area (Å²) >= 11 is 0. The van der Waals surface area contributed by atoms with Crippen molar-refractivity contribution in [2.45, 2.75) is 25.4 Å². The molecule has 4 nitrogen and oxygen atoms in total. The first kappa shape index (κ1) is 15.7. The molecule has 0 aliphatic carbocycles. The molecule has 24 heavy (non-hydrogen) atoms. The van der Waals surface area contributed by atoms with Gasteiger partial charge in [-0.15, -0.1) is 0 Å². The Labute approximate surface area is 144 Å². The number of hydrogen-bond acceptors (Lipinski definition) is 2. The van der Waals surface area contributed by atoms with Crippen molar-refractivity contribution >= 4 is 5.69 Å². The lowest BCUT2D eigenvalue weighted by Crippen LogP contribution is -3.21. The fraction of sp³-hybridized carbons (Fsp3) is 0.500. The Morgan fingerprint density at radius 3 is 2.33 bits per heavy atom. The van der Waals surface area contributed by atoms with Crippen molar-refractivity contribution in [1.82, 2.24) is 0 Å². The lowest BCUT2D eigenvalue weighted by atomic mass is 10.0. The van der Waals surface area contributed by atoms with Gasteiger partial charge in [0.05, 0.1) is 51.6 Å². The fourth-order valence-electron chi connectivity index (χ4n) is 4.37. The van der Waals surface area contributed by atoms with E-state index in [1.54, 1.807) is 11.2 Å². The second kappa shape index (κ2) is 7.41. The van der Waals surface area contributed by atoms with Crippen LogP contribution in [-0.2, 0) is 6.54 Å². The van der Waals surface area contributed by atoms with Gasteiger partial charge < -0.3 is 19.1 Å². The minimum Gasteiger partial charge on any atom is -0.463 e. The topological polar surface area (TPSA) is 25.3 Å². The summed E-state index contributed by atoms with van der Waals surface area (Å²) in [6.07, 6.45) is 4.51. The van der Waals surface area contributed by atoms with Gasteiger partial charge in [0, 0.05) is 18.5 Å². The third kappa shape index (κ3) is 3.65. The van der Waals surface area contributed by atoms with Crippen molar-refractivity contribution in [2.24, 2.45) is 0 Å². The monoisotopic (exact) mass is 327 g/mol. The van der Waals surface area contributed by atoms with E-state index in [-0.39, 0.29) is 0 Å². The molecule has 4 rings (SSSR count). The lowest BCUT2D eigenvalue weighted by molar-refractivity contribution is -0.964. The van der Waals surface area contributed by atoms with Crippen LogP contribution in [0.4, 0.5) is 5.69 Å². The van der Waals surface area contributed by atoms with Gasteiger partial charge in [0.1, 0.15) is 6.54 Å². The zero-order valence-corrected chi connectivity index (χ0v) is 14.4. The second-order valence-electron chi connectivity index (χ2n) is 7.26. The standard InChI is InChI=1S/C20H27N3O/c1-2-5-18(6-3-1)22-12-14-23(15-13-22)19-8-10-21(11-9-19)17-20-7-4-16-24-20/h1-7,16,19H,8-15,17H2/p+2. The maximum atomic E-state index is 5.50. The molecule has 0 radical (unpaired) electrons. The van der Waals surface area contributed by atoms with Gasteiger partial charge in [0.15, 0.2) is 5.76 Å². The van der Waals surface area contributed by atoms with Crippen LogP contribution >= 0.6 is 0 Å². The van der Waals surface area contributed by atoms with Crippen LogP contribution in [0.3, 0.4) is 0 Å². The van der Waals surface area contributed by atoms with Gasteiger partial charge in [-0.3, -0.25) is 0 Å². The molecule has 2 aliphatic rings. The number of quaternary nitrogens is 2. The average molecular weight is 327 g/mol. The molecule has 1 aromatic heterocycles. The Morgan fingerprint density at radius 1 is 0.917 bits per heavy atom. The minimum atomic E-state index is 0.864. The van der Waals surface area contributed by atoms with Crippen LogP contribution in [0.5, 0.6) is 0 Å². The van der Waals surface area contributed by atoms with E-state index < -0.39 is 0 Å². The van der Waals surface area contributed by atoms with Crippen molar-refractivity contribution in [3.63, 3.8) is 0 Å². The first-order valence-electron chi connectivity index (χ1n) is 9.39. The van der Waals surface area contributed by atoms with Crippen molar-refractivity contribution in [3.05, 3.63) is 54.5 Å². The number of piperidine rings is 1. The van der Waals surface area contributed by atoms with Gasteiger partial charge in [0.2, 0.25) is 0 Å². The van der Waals surface area contributed by atoms with Crippen LogP contribution < -0.4 is 14.7 Å². The molecule has 3 heterocycles. The molecule has 0 amide bonds. The SMILES string of the molecule is c1ccc(N2CC[NH+](C3CC[NH+](Cc4ccco4)CC3)CC2)cc1. The predicted octanol–water partition coefficient (Wildman–Crippen LogP) is 0.232. The Morgan fingerprint density at radius 2 is 1.67 bits per heavy atom. The largest absolute Gasteiger partial charge is 0.463 e. The fourth-order valence-corrected chi connectivity index (χ4v) is 4.37. The molecule has 2 fully saturated rings. The Hall–Kier alpha value is -1.78. The van der Waals surface area contributed by atoms with Gasteiger partial charge in [0.25, 0.3) is 0 Å². The molecule has 0 unspecified atom stereocenters. The molecule has 2 saturated heterocycles. The normalized spacial score (nSPS) is 25.8. The molecular formula is C20H29N3O+2. The summed E-state index contributed by atoms with van der Waals surface area (Å²) < 4.78 is 5.50. The molecule has 0 bridgehead atoms. The predicted molar refractivity (Wildman–Crippen MR) is 95.5 cm³/mol. The quantitative estimate of drug-likeness (QED) is 0.841. The number of para-hydroxylation sites is 1. The Bertz CT molecular complexity index is 597. The van der Waals surface area contributed by atoms with E-state index in [1.807, 2.05) is 11.0 Å². The molecule has 0 atom stereocenters. The summed E-state index contributed by atoms with van der Waals surface area (Å²) in [5, 5.41) is 0. The van der Waals surface area contributed by atoms with Gasteiger partial charge in [-0.25, -0.2) is 0 Å². The Balaban J connectivity index is 1.24. The van der Waals surface area contributed by atoms with Crippen LogP contribution in [0.15, 0.2) is 53.1 Å². The summed E-state index contributed by atoms with van der Waals surface area (Å²) in [5.41, 5.74) is 1.38. The van der Waals surface area contributed by atoms with Gasteiger partial charge >= 0.3 is 0 Å². The number of rotatable bonds is 4. The van der Waals surface area contributed by atoms with Crippen LogP contribution in [0.1, 0.15) is 18.6 Å². The summed E-state index contributed by atoms with van der Waals surface area (Å²) in [5.74, 6) is 1.13. The number of piperazine rings is 1. The Kier molecular flexibility index (Phi) is 4.86. The van der Waals surface area contributed by atoms with E-state index in [9.17, 15) is 0 Å².